The highest BCUT2D eigenvalue weighted by atomic mass is 79.9. The van der Waals surface area contributed by atoms with Crippen molar-refractivity contribution in [3.05, 3.63) is 64.4 Å². The first-order valence-corrected chi connectivity index (χ1v) is 7.21. The minimum Gasteiger partial charge on any atom is -0.370 e. The van der Waals surface area contributed by atoms with E-state index in [-0.39, 0.29) is 0 Å². The number of benzene rings is 1. The summed E-state index contributed by atoms with van der Waals surface area (Å²) in [4.78, 5) is 8.56. The maximum atomic E-state index is 5.82. The van der Waals surface area contributed by atoms with Crippen molar-refractivity contribution in [2.45, 2.75) is 13.0 Å². The van der Waals surface area contributed by atoms with Gasteiger partial charge in [0.25, 0.3) is 0 Å². The summed E-state index contributed by atoms with van der Waals surface area (Å²) in [6, 6.07) is 13.9. The molecule has 1 aromatic carbocycles. The number of nitrogens with zero attached hydrogens (tertiary/aromatic N) is 2. The van der Waals surface area contributed by atoms with E-state index >= 15 is 0 Å². The average Bonchev–Trinajstić information content (AvgIpc) is 2.48. The summed E-state index contributed by atoms with van der Waals surface area (Å²) in [5.74, 6) is 0.462. The van der Waals surface area contributed by atoms with Gasteiger partial charge in [0.05, 0.1) is 6.54 Å². The van der Waals surface area contributed by atoms with Gasteiger partial charge in [0.15, 0.2) is 5.96 Å². The Morgan fingerprint density at radius 3 is 2.70 bits per heavy atom. The average molecular weight is 333 g/mol. The summed E-state index contributed by atoms with van der Waals surface area (Å²) in [6.07, 6.45) is 2.62. The normalized spacial score (nSPS) is 11.3. The quantitative estimate of drug-likeness (QED) is 0.653. The number of rotatable bonds is 5. The first-order chi connectivity index (χ1) is 9.74. The molecule has 0 unspecified atom stereocenters. The van der Waals surface area contributed by atoms with E-state index in [1.165, 1.54) is 0 Å². The Bertz CT molecular complexity index is 552. The molecule has 0 saturated carbocycles. The van der Waals surface area contributed by atoms with Gasteiger partial charge in [-0.05, 0) is 29.8 Å². The van der Waals surface area contributed by atoms with Crippen LogP contribution in [0.15, 0.2) is 58.1 Å². The number of hydrogen-bond donors (Lipinski definition) is 2. The van der Waals surface area contributed by atoms with E-state index in [9.17, 15) is 0 Å². The van der Waals surface area contributed by atoms with Crippen LogP contribution in [-0.2, 0) is 13.0 Å². The number of aromatic nitrogens is 1. The van der Waals surface area contributed by atoms with Crippen molar-refractivity contribution in [2.24, 2.45) is 10.7 Å². The summed E-state index contributed by atoms with van der Waals surface area (Å²) >= 11 is 3.40. The molecule has 0 amide bonds. The molecule has 0 radical (unpaired) electrons. The van der Waals surface area contributed by atoms with Crippen molar-refractivity contribution >= 4 is 21.9 Å². The Morgan fingerprint density at radius 2 is 2.00 bits per heavy atom. The van der Waals surface area contributed by atoms with Crippen LogP contribution in [0.5, 0.6) is 0 Å². The fourth-order valence-electron chi connectivity index (χ4n) is 1.69. The third kappa shape index (κ3) is 5.01. The smallest absolute Gasteiger partial charge is 0.188 e. The number of nitrogens with one attached hydrogen (secondary N) is 1. The molecule has 5 heteroatoms. The van der Waals surface area contributed by atoms with Crippen LogP contribution in [0.1, 0.15) is 11.3 Å². The number of pyridine rings is 1. The SMILES string of the molecule is NC(=NCc1ccc(Br)cc1)NCCc1ccccn1. The zero-order valence-electron chi connectivity index (χ0n) is 11.1. The second-order valence-corrected chi connectivity index (χ2v) is 5.24. The van der Waals surface area contributed by atoms with Crippen LogP contribution in [0.4, 0.5) is 0 Å². The van der Waals surface area contributed by atoms with E-state index in [1.807, 2.05) is 42.5 Å². The van der Waals surface area contributed by atoms with Gasteiger partial charge in [-0.2, -0.15) is 0 Å². The Balaban J connectivity index is 1.75. The minimum absolute atomic E-state index is 0.462. The molecule has 4 nitrogen and oxygen atoms in total. The van der Waals surface area contributed by atoms with Crippen molar-refractivity contribution in [1.29, 1.82) is 0 Å². The number of hydrogen-bond acceptors (Lipinski definition) is 2. The molecule has 0 bridgehead atoms. The summed E-state index contributed by atoms with van der Waals surface area (Å²) < 4.78 is 1.06. The van der Waals surface area contributed by atoms with Gasteiger partial charge in [0.2, 0.25) is 0 Å². The first-order valence-electron chi connectivity index (χ1n) is 6.42. The van der Waals surface area contributed by atoms with Crippen LogP contribution in [0.3, 0.4) is 0 Å². The molecule has 0 aliphatic carbocycles. The molecule has 1 heterocycles. The van der Waals surface area contributed by atoms with Crippen molar-refractivity contribution in [1.82, 2.24) is 10.3 Å². The lowest BCUT2D eigenvalue weighted by molar-refractivity contribution is 0.827. The summed E-state index contributed by atoms with van der Waals surface area (Å²) in [5.41, 5.74) is 7.99. The molecule has 0 aliphatic rings. The van der Waals surface area contributed by atoms with Crippen LogP contribution >= 0.6 is 15.9 Å². The lowest BCUT2D eigenvalue weighted by Gasteiger charge is -2.05. The molecule has 0 fully saturated rings. The van der Waals surface area contributed by atoms with E-state index in [0.717, 1.165) is 28.7 Å². The van der Waals surface area contributed by atoms with Gasteiger partial charge in [-0.3, -0.25) is 4.98 Å². The highest BCUT2D eigenvalue weighted by Gasteiger charge is 1.96. The molecule has 104 valence electrons. The highest BCUT2D eigenvalue weighted by Crippen LogP contribution is 2.10. The monoisotopic (exact) mass is 332 g/mol. The minimum atomic E-state index is 0.462. The lowest BCUT2D eigenvalue weighted by Crippen LogP contribution is -2.33. The van der Waals surface area contributed by atoms with Crippen LogP contribution in [0.25, 0.3) is 0 Å². The second kappa shape index (κ2) is 7.65. The molecule has 20 heavy (non-hydrogen) atoms. The van der Waals surface area contributed by atoms with Crippen LogP contribution in [0.2, 0.25) is 0 Å². The van der Waals surface area contributed by atoms with Crippen molar-refractivity contribution < 1.29 is 0 Å². The van der Waals surface area contributed by atoms with Crippen LogP contribution in [0, 0.1) is 0 Å². The molecule has 0 spiro atoms. The van der Waals surface area contributed by atoms with Gasteiger partial charge in [0.1, 0.15) is 0 Å². The van der Waals surface area contributed by atoms with E-state index < -0.39 is 0 Å². The summed E-state index contributed by atoms with van der Waals surface area (Å²) in [6.45, 7) is 1.31. The largest absolute Gasteiger partial charge is 0.370 e. The van der Waals surface area contributed by atoms with Crippen LogP contribution in [-0.4, -0.2) is 17.5 Å². The Morgan fingerprint density at radius 1 is 1.20 bits per heavy atom. The number of guanidine groups is 1. The predicted octanol–water partition coefficient (Wildman–Crippen LogP) is 2.49. The molecule has 1 aromatic heterocycles. The molecule has 3 N–H and O–H groups in total. The van der Waals surface area contributed by atoms with Gasteiger partial charge in [-0.1, -0.05) is 34.1 Å². The molecule has 2 rings (SSSR count). The lowest BCUT2D eigenvalue weighted by atomic mass is 10.2. The van der Waals surface area contributed by atoms with Gasteiger partial charge >= 0.3 is 0 Å². The summed E-state index contributed by atoms with van der Waals surface area (Å²) in [5, 5.41) is 3.09. The third-order valence-electron chi connectivity index (χ3n) is 2.76. The highest BCUT2D eigenvalue weighted by molar-refractivity contribution is 9.10. The van der Waals surface area contributed by atoms with Gasteiger partial charge in [0, 0.05) is 29.3 Å². The van der Waals surface area contributed by atoms with E-state index in [4.69, 9.17) is 5.73 Å². The van der Waals surface area contributed by atoms with E-state index in [1.54, 1.807) is 6.20 Å². The van der Waals surface area contributed by atoms with Crippen molar-refractivity contribution in [3.8, 4) is 0 Å². The Kier molecular flexibility index (Phi) is 5.55. The van der Waals surface area contributed by atoms with Crippen molar-refractivity contribution in [3.63, 3.8) is 0 Å². The Hall–Kier alpha value is -1.88. The van der Waals surface area contributed by atoms with Gasteiger partial charge in [-0.15, -0.1) is 0 Å². The number of aliphatic imine (C=N–C) groups is 1. The fourth-order valence-corrected chi connectivity index (χ4v) is 1.95. The topological polar surface area (TPSA) is 63.3 Å². The predicted molar refractivity (Wildman–Crippen MR) is 85.4 cm³/mol. The molecule has 0 atom stereocenters. The van der Waals surface area contributed by atoms with Crippen LogP contribution < -0.4 is 11.1 Å². The van der Waals surface area contributed by atoms with E-state index in [2.05, 4.69) is 31.2 Å². The molecular weight excluding hydrogens is 316 g/mol. The zero-order valence-corrected chi connectivity index (χ0v) is 12.7. The Labute approximate surface area is 127 Å². The first kappa shape index (κ1) is 14.5. The van der Waals surface area contributed by atoms with Crippen molar-refractivity contribution in [2.75, 3.05) is 6.54 Å². The maximum Gasteiger partial charge on any atom is 0.188 e. The molecule has 0 saturated heterocycles. The molecule has 2 aromatic rings. The summed E-state index contributed by atoms with van der Waals surface area (Å²) in [7, 11) is 0. The van der Waals surface area contributed by atoms with Gasteiger partial charge < -0.3 is 11.1 Å². The number of nitrogens with two attached hydrogens (primary N) is 1. The number of halogens is 1. The third-order valence-corrected chi connectivity index (χ3v) is 3.29. The molecular formula is C15H17BrN4. The van der Waals surface area contributed by atoms with Gasteiger partial charge in [-0.25, -0.2) is 4.99 Å². The second-order valence-electron chi connectivity index (χ2n) is 4.33. The van der Waals surface area contributed by atoms with E-state index in [0.29, 0.717) is 12.5 Å². The fraction of sp³-hybridized carbons (Fsp3) is 0.200. The molecule has 0 aliphatic heterocycles. The maximum absolute atomic E-state index is 5.82. The zero-order chi connectivity index (χ0) is 14.2. The standard InChI is InChI=1S/C15H17BrN4/c16-13-6-4-12(5-7-13)11-20-15(17)19-10-8-14-3-1-2-9-18-14/h1-7,9H,8,10-11H2,(H3,17,19,20).